The highest BCUT2D eigenvalue weighted by Gasteiger charge is 2.46. The molecule has 1 aromatic carbocycles. The summed E-state index contributed by atoms with van der Waals surface area (Å²) in [6, 6.07) is 5.02. The van der Waals surface area contributed by atoms with Crippen LogP contribution >= 0.6 is 12.2 Å². The first-order chi connectivity index (χ1) is 11.2. The van der Waals surface area contributed by atoms with Crippen molar-refractivity contribution >= 4 is 34.5 Å². The summed E-state index contributed by atoms with van der Waals surface area (Å²) < 4.78 is 53.9. The molecule has 5 nitrogen and oxygen atoms in total. The molecule has 0 aromatic heterocycles. The Morgan fingerprint density at radius 1 is 1.46 bits per heavy atom. The number of carbonyl (C=O) groups is 1. The van der Waals surface area contributed by atoms with E-state index < -0.39 is 27.5 Å². The van der Waals surface area contributed by atoms with Crippen molar-refractivity contribution in [3.8, 4) is 0 Å². The number of allylic oxidation sites excluding steroid dienone is 1. The molecule has 24 heavy (non-hydrogen) atoms. The third kappa shape index (κ3) is 4.62. The average molecular weight is 378 g/mol. The van der Waals surface area contributed by atoms with E-state index >= 15 is 0 Å². The Kier molecular flexibility index (Phi) is 5.73. The molecule has 130 valence electrons. The fourth-order valence-electron chi connectivity index (χ4n) is 1.94. The number of hydrogen-bond donors (Lipinski definition) is 2. The summed E-state index contributed by atoms with van der Waals surface area (Å²) in [5, 5.41) is 5.96. The van der Waals surface area contributed by atoms with Crippen molar-refractivity contribution in [2.75, 3.05) is 6.54 Å². The van der Waals surface area contributed by atoms with Crippen molar-refractivity contribution in [2.45, 2.75) is 23.9 Å². The first-order valence-corrected chi connectivity index (χ1v) is 8.23. The molecule has 1 heterocycles. The van der Waals surface area contributed by atoms with Crippen LogP contribution in [0.25, 0.3) is 0 Å². The lowest BCUT2D eigenvalue weighted by Gasteiger charge is -2.20. The highest BCUT2D eigenvalue weighted by molar-refractivity contribution is 7.92. The van der Waals surface area contributed by atoms with Crippen molar-refractivity contribution in [3.63, 3.8) is 0 Å². The third-order valence-corrected chi connectivity index (χ3v) is 4.47. The van der Waals surface area contributed by atoms with Crippen molar-refractivity contribution in [1.82, 2.24) is 10.6 Å². The van der Waals surface area contributed by atoms with Gasteiger partial charge < -0.3 is 19.9 Å². The van der Waals surface area contributed by atoms with E-state index in [0.29, 0.717) is 21.9 Å². The number of alkyl halides is 3. The summed E-state index contributed by atoms with van der Waals surface area (Å²) in [4.78, 5) is 11.6. The molecule has 1 unspecified atom stereocenters. The predicted molar refractivity (Wildman–Crippen MR) is 85.1 cm³/mol. The van der Waals surface area contributed by atoms with Crippen LogP contribution in [0.15, 0.2) is 40.4 Å². The Hall–Kier alpha value is -1.78. The highest BCUT2D eigenvalue weighted by Crippen LogP contribution is 2.30. The van der Waals surface area contributed by atoms with E-state index in [9.17, 15) is 22.5 Å². The quantitative estimate of drug-likeness (QED) is 0.475. The maximum Gasteiger partial charge on any atom is 0.578 e. The van der Waals surface area contributed by atoms with Gasteiger partial charge in [-0.15, -0.1) is 13.2 Å². The molecule has 1 aliphatic heterocycles. The summed E-state index contributed by atoms with van der Waals surface area (Å²) in [6.07, 6.45) is 0. The monoisotopic (exact) mass is 378 g/mol. The van der Waals surface area contributed by atoms with Crippen LogP contribution in [-0.2, 0) is 27.3 Å². The smallest absolute Gasteiger partial charge is 0.578 e. The van der Waals surface area contributed by atoms with Gasteiger partial charge in [0.2, 0.25) is 0 Å². The van der Waals surface area contributed by atoms with Crippen LogP contribution in [0.4, 0.5) is 13.2 Å². The van der Waals surface area contributed by atoms with Crippen LogP contribution < -0.4 is 10.6 Å². The van der Waals surface area contributed by atoms with Gasteiger partial charge in [-0.1, -0.05) is 12.1 Å². The van der Waals surface area contributed by atoms with Gasteiger partial charge in [0.25, 0.3) is 0 Å². The fraction of sp³-hybridized carbons (Fsp3) is 0.286. The Balaban J connectivity index is 2.03. The molecule has 0 saturated carbocycles. The number of hydrogen-bond acceptors (Lipinski definition) is 4. The minimum atomic E-state index is -4.84. The van der Waals surface area contributed by atoms with Crippen molar-refractivity contribution in [2.24, 2.45) is 0 Å². The summed E-state index contributed by atoms with van der Waals surface area (Å²) in [5.74, 6) is -0.614. The van der Waals surface area contributed by atoms with E-state index in [1.807, 2.05) is 0 Å². The van der Waals surface area contributed by atoms with Crippen molar-refractivity contribution in [3.05, 3.63) is 41.1 Å². The number of thiocarbonyl (C=S) groups is 1. The van der Waals surface area contributed by atoms with E-state index in [1.54, 1.807) is 6.92 Å². The predicted octanol–water partition coefficient (Wildman–Crippen LogP) is 2.11. The van der Waals surface area contributed by atoms with Gasteiger partial charge in [0.05, 0.1) is 23.3 Å². The first-order valence-electron chi connectivity index (χ1n) is 6.67. The Labute approximate surface area is 144 Å². The largest absolute Gasteiger partial charge is 0.604 e. The lowest BCUT2D eigenvalue weighted by molar-refractivity contribution is -0.140. The van der Waals surface area contributed by atoms with Crippen LogP contribution in [0.3, 0.4) is 0 Å². The second-order valence-electron chi connectivity index (χ2n) is 4.85. The molecule has 0 saturated heterocycles. The first kappa shape index (κ1) is 18.6. The minimum Gasteiger partial charge on any atom is -0.604 e. The molecule has 1 aromatic rings. The standard InChI is InChI=1S/C14H13F3N2O3S2/c1-8-11(6-18-13(23)19-8)12(20)22-7-9-3-2-4-10(5-9)24(21)14(15,16)17/h2-5H,6-7H2,1H3,(H2,18,19,23). The normalized spacial score (nSPS) is 16.3. The van der Waals surface area contributed by atoms with Crippen LogP contribution in [0.5, 0.6) is 0 Å². The lowest BCUT2D eigenvalue weighted by atomic mass is 10.2. The maximum absolute atomic E-state index is 12.5. The van der Waals surface area contributed by atoms with Gasteiger partial charge in [-0.05, 0) is 30.8 Å². The van der Waals surface area contributed by atoms with Gasteiger partial charge in [-0.2, -0.15) is 0 Å². The second kappa shape index (κ2) is 7.41. The van der Waals surface area contributed by atoms with E-state index in [-0.39, 0.29) is 13.2 Å². The Bertz CT molecular complexity index is 692. The summed E-state index contributed by atoms with van der Waals surface area (Å²) in [7, 11) is 0. The van der Waals surface area contributed by atoms with Crippen molar-refractivity contribution < 1.29 is 27.3 Å². The second-order valence-corrected chi connectivity index (χ2v) is 6.73. The summed E-state index contributed by atoms with van der Waals surface area (Å²) in [5.41, 5.74) is -3.63. The molecule has 0 spiro atoms. The molecule has 0 amide bonds. The zero-order valence-corrected chi connectivity index (χ0v) is 14.0. The number of esters is 1. The molecule has 2 rings (SSSR count). The van der Waals surface area contributed by atoms with Crippen molar-refractivity contribution in [1.29, 1.82) is 0 Å². The van der Waals surface area contributed by atoms with Gasteiger partial charge in [-0.3, -0.25) is 0 Å². The molecule has 0 fully saturated rings. The molecule has 2 N–H and O–H groups in total. The van der Waals surface area contributed by atoms with Crippen LogP contribution in [0.1, 0.15) is 12.5 Å². The number of benzene rings is 1. The van der Waals surface area contributed by atoms with E-state index in [2.05, 4.69) is 10.6 Å². The zero-order valence-electron chi connectivity index (χ0n) is 12.4. The SMILES string of the molecule is CC1=C(C(=O)OCc2cccc([S+]([O-])C(F)(F)F)c2)CNC(=S)N1. The van der Waals surface area contributed by atoms with Gasteiger partial charge in [0.15, 0.2) is 10.0 Å². The highest BCUT2D eigenvalue weighted by atomic mass is 32.2. The number of rotatable bonds is 4. The zero-order chi connectivity index (χ0) is 17.9. The van der Waals surface area contributed by atoms with Crippen LogP contribution in [0.2, 0.25) is 0 Å². The molecular weight excluding hydrogens is 365 g/mol. The number of ether oxygens (including phenoxy) is 1. The molecule has 0 radical (unpaired) electrons. The summed E-state index contributed by atoms with van der Waals surface area (Å²) >= 11 is 1.78. The topological polar surface area (TPSA) is 73.4 Å². The molecule has 10 heteroatoms. The molecular formula is C14H13F3N2O3S2. The van der Waals surface area contributed by atoms with Gasteiger partial charge in [0, 0.05) is 11.8 Å². The summed E-state index contributed by atoms with van der Waals surface area (Å²) in [6.45, 7) is 1.63. The van der Waals surface area contributed by atoms with Gasteiger partial charge in [0.1, 0.15) is 6.61 Å². The third-order valence-electron chi connectivity index (χ3n) is 3.12. The lowest BCUT2D eigenvalue weighted by Crippen LogP contribution is -2.42. The van der Waals surface area contributed by atoms with Gasteiger partial charge >= 0.3 is 11.5 Å². The fourth-order valence-corrected chi connectivity index (χ4v) is 2.89. The van der Waals surface area contributed by atoms with Gasteiger partial charge in [-0.25, -0.2) is 4.79 Å². The molecule has 1 atom stereocenters. The molecule has 1 aliphatic rings. The van der Waals surface area contributed by atoms with E-state index in [4.69, 9.17) is 17.0 Å². The number of halogens is 3. The Morgan fingerprint density at radius 2 is 2.17 bits per heavy atom. The van der Waals surface area contributed by atoms with Crippen LogP contribution in [-0.4, -0.2) is 27.7 Å². The molecule has 0 bridgehead atoms. The average Bonchev–Trinajstić information content (AvgIpc) is 2.51. The van der Waals surface area contributed by atoms with Crippen LogP contribution in [0, 0.1) is 0 Å². The number of carbonyl (C=O) groups excluding carboxylic acids is 1. The Morgan fingerprint density at radius 3 is 2.79 bits per heavy atom. The number of nitrogens with one attached hydrogen (secondary N) is 2. The van der Waals surface area contributed by atoms with E-state index in [1.165, 1.54) is 12.1 Å². The minimum absolute atomic E-state index is 0.203. The molecule has 0 aliphatic carbocycles. The van der Waals surface area contributed by atoms with E-state index in [0.717, 1.165) is 12.1 Å². The maximum atomic E-state index is 12.5.